The molecule has 4 N–H and O–H groups in total. The molecular weight excluding hydrogens is 1120 g/mol. The molecule has 2 atom stereocenters. The number of rotatable bonds is 18. The van der Waals surface area contributed by atoms with Gasteiger partial charge in [0, 0.05) is 77.5 Å². The molecule has 0 aliphatic carbocycles. The van der Waals surface area contributed by atoms with Crippen LogP contribution in [0, 0.1) is 0 Å². The summed E-state index contributed by atoms with van der Waals surface area (Å²) >= 11 is 0. The van der Waals surface area contributed by atoms with Gasteiger partial charge in [0.25, 0.3) is 11.8 Å². The lowest BCUT2D eigenvalue weighted by Gasteiger charge is -2.29. The van der Waals surface area contributed by atoms with Crippen LogP contribution in [0.3, 0.4) is 0 Å². The van der Waals surface area contributed by atoms with Crippen LogP contribution in [-0.4, -0.2) is 132 Å². The molecule has 0 unspecified atom stereocenters. The van der Waals surface area contributed by atoms with Gasteiger partial charge in [0.2, 0.25) is 0 Å². The van der Waals surface area contributed by atoms with Gasteiger partial charge in [-0.15, -0.1) is 0 Å². The number of benzene rings is 4. The minimum Gasteiger partial charge on any atom is -0.457 e. The van der Waals surface area contributed by atoms with Gasteiger partial charge in [-0.05, 0) is 123 Å². The predicted molar refractivity (Wildman–Crippen MR) is 307 cm³/mol. The molecule has 2 aliphatic heterocycles. The molecule has 86 heavy (non-hydrogen) atoms. The van der Waals surface area contributed by atoms with Crippen molar-refractivity contribution < 1.29 is 56.3 Å². The standard InChI is InChI=1S/2C30H29F2N7O4/c2*1-37-18-25(35-29(41)24-15-34-39-13-3-11-33-28(24)39)27(36-37)23-14-22(9-10-26(23)43-30(31)32)42-21-7-5-19(6-8-21)16-38-12-2-4-20(40)17-38/h2*3,5-11,13-15,18,20,30,40H,2,4,12,16-17H2,1H3,(H,35,41)/t2*20-/m10/s1. The number of carbonyl (C=O) groups is 2. The highest BCUT2D eigenvalue weighted by atomic mass is 19.3. The molecule has 2 aliphatic rings. The number of piperidine rings is 2. The third-order valence-corrected chi connectivity index (χ3v) is 14.1. The van der Waals surface area contributed by atoms with Crippen molar-refractivity contribution >= 4 is 34.5 Å². The molecule has 0 radical (unpaired) electrons. The number of hydrogen-bond donors (Lipinski definition) is 4. The number of aliphatic hydroxyl groups is 2. The Morgan fingerprint density at radius 2 is 1.00 bits per heavy atom. The van der Waals surface area contributed by atoms with E-state index in [9.17, 15) is 37.4 Å². The number of likely N-dealkylation sites (tertiary alicyclic amines) is 2. The van der Waals surface area contributed by atoms with Gasteiger partial charge in [-0.3, -0.25) is 28.8 Å². The number of hydrogen-bond acceptors (Lipinski definition) is 16. The Morgan fingerprint density at radius 1 is 0.593 bits per heavy atom. The normalized spacial score (nSPS) is 15.6. The molecule has 0 spiro atoms. The number of β-amino-alcohol motifs (C(OH)–C–C–N with tert-alkyl or cyclic N) is 2. The summed E-state index contributed by atoms with van der Waals surface area (Å²) in [4.78, 5) is 39.2. The molecule has 2 amide bonds. The molecule has 8 heterocycles. The summed E-state index contributed by atoms with van der Waals surface area (Å²) < 4.78 is 81.0. The maximum atomic E-state index is 13.4. The number of amides is 2. The first-order valence-electron chi connectivity index (χ1n) is 27.4. The Balaban J connectivity index is 0.000000179. The van der Waals surface area contributed by atoms with Crippen LogP contribution in [0.15, 0.2) is 147 Å². The maximum Gasteiger partial charge on any atom is 0.387 e. The second-order valence-electron chi connectivity index (χ2n) is 20.6. The van der Waals surface area contributed by atoms with Crippen LogP contribution in [0.4, 0.5) is 28.9 Å². The molecule has 2 saturated heterocycles. The number of nitrogens with one attached hydrogen (secondary N) is 2. The van der Waals surface area contributed by atoms with E-state index in [2.05, 4.69) is 50.8 Å². The zero-order valence-electron chi connectivity index (χ0n) is 46.5. The highest BCUT2D eigenvalue weighted by Crippen LogP contribution is 2.41. The van der Waals surface area contributed by atoms with Gasteiger partial charge in [-0.1, -0.05) is 24.3 Å². The summed E-state index contributed by atoms with van der Waals surface area (Å²) in [6.07, 6.45) is 15.4. The minimum absolute atomic E-state index is 0.131. The van der Waals surface area contributed by atoms with Gasteiger partial charge in [-0.2, -0.15) is 38.0 Å². The molecule has 26 heteroatoms. The summed E-state index contributed by atoms with van der Waals surface area (Å²) in [6, 6.07) is 27.4. The topological polar surface area (TPSA) is 238 Å². The van der Waals surface area contributed by atoms with E-state index >= 15 is 0 Å². The highest BCUT2D eigenvalue weighted by Gasteiger charge is 2.26. The third-order valence-electron chi connectivity index (χ3n) is 14.1. The number of anilines is 2. The Bertz CT molecular complexity index is 3730. The van der Waals surface area contributed by atoms with Crippen LogP contribution >= 0.6 is 0 Å². The summed E-state index contributed by atoms with van der Waals surface area (Å²) in [5, 5.41) is 42.6. The van der Waals surface area contributed by atoms with Crippen molar-refractivity contribution in [3.63, 3.8) is 0 Å². The van der Waals surface area contributed by atoms with Gasteiger partial charge in [0.15, 0.2) is 11.3 Å². The van der Waals surface area contributed by atoms with Crippen LogP contribution in [0.5, 0.6) is 34.5 Å². The lowest BCUT2D eigenvalue weighted by molar-refractivity contribution is -0.0501. The summed E-state index contributed by atoms with van der Waals surface area (Å²) in [5.74, 6) is 0.562. The van der Waals surface area contributed by atoms with E-state index in [0.29, 0.717) is 47.4 Å². The smallest absolute Gasteiger partial charge is 0.387 e. The average Bonchev–Trinajstić information content (AvgIpc) is 2.26. The Hall–Kier alpha value is -9.76. The Morgan fingerprint density at radius 3 is 1.40 bits per heavy atom. The average molecular weight is 1180 g/mol. The number of aliphatic hydroxyl groups excluding tert-OH is 2. The molecular formula is C60H58F4N14O8. The number of aryl methyl sites for hydroxylation is 2. The number of alkyl halides is 4. The first-order valence-corrected chi connectivity index (χ1v) is 27.4. The number of fused-ring (bicyclic) bond motifs is 2. The van der Waals surface area contributed by atoms with Gasteiger partial charge in [0.05, 0.1) is 47.1 Å². The number of nitrogens with zero attached hydrogens (tertiary/aromatic N) is 12. The van der Waals surface area contributed by atoms with Crippen molar-refractivity contribution in [1.29, 1.82) is 0 Å². The zero-order chi connectivity index (χ0) is 59.8. The van der Waals surface area contributed by atoms with Crippen molar-refractivity contribution in [2.45, 2.75) is 64.2 Å². The van der Waals surface area contributed by atoms with Gasteiger partial charge >= 0.3 is 13.2 Å². The molecule has 2 fully saturated rings. The monoisotopic (exact) mass is 1180 g/mol. The number of carbonyl (C=O) groups excluding carboxylic acids is 2. The Kier molecular flexibility index (Phi) is 17.6. The molecule has 444 valence electrons. The van der Waals surface area contributed by atoms with Crippen molar-refractivity contribution in [2.24, 2.45) is 14.1 Å². The SMILES string of the molecule is Cn1cc(NC(=O)c2cnn3cccnc23)c(-c2cc(Oc3ccc(CN4CCC[C@@H](O)C4)cc3)ccc2OC(F)F)n1.Cn1cc(NC(=O)c2cnn3cccnc23)c(-c2cc(Oc3ccc(CN4CCC[C@H](O)C4)cc3)ccc2OC(F)F)n1. The first-order chi connectivity index (χ1) is 41.6. The highest BCUT2D eigenvalue weighted by molar-refractivity contribution is 6.10. The van der Waals surface area contributed by atoms with Crippen LogP contribution in [-0.2, 0) is 27.2 Å². The van der Waals surface area contributed by atoms with E-state index in [1.54, 1.807) is 63.4 Å². The number of ether oxygens (including phenoxy) is 4. The van der Waals surface area contributed by atoms with E-state index in [1.807, 2.05) is 48.5 Å². The van der Waals surface area contributed by atoms with Crippen LogP contribution < -0.4 is 29.6 Å². The Labute approximate surface area is 488 Å². The fourth-order valence-corrected chi connectivity index (χ4v) is 10.3. The van der Waals surface area contributed by atoms with Crippen LogP contribution in [0.25, 0.3) is 33.8 Å². The second kappa shape index (κ2) is 26.0. The van der Waals surface area contributed by atoms with Crippen molar-refractivity contribution in [1.82, 2.24) is 58.6 Å². The summed E-state index contributed by atoms with van der Waals surface area (Å²) in [5.41, 5.74) is 4.71. The van der Waals surface area contributed by atoms with Crippen LogP contribution in [0.2, 0.25) is 0 Å². The minimum atomic E-state index is -3.08. The van der Waals surface area contributed by atoms with Crippen molar-refractivity contribution in [3.8, 4) is 57.0 Å². The molecule has 0 saturated carbocycles. The molecule has 0 bridgehead atoms. The molecule has 6 aromatic heterocycles. The van der Waals surface area contributed by atoms with Gasteiger partial charge in [0.1, 0.15) is 57.0 Å². The predicted octanol–water partition coefficient (Wildman–Crippen LogP) is 9.46. The van der Waals surface area contributed by atoms with E-state index in [0.717, 1.165) is 63.0 Å². The fraction of sp³-hybridized carbons (Fsp3) is 0.267. The fourth-order valence-electron chi connectivity index (χ4n) is 10.3. The first kappa shape index (κ1) is 58.0. The molecule has 22 nitrogen and oxygen atoms in total. The second-order valence-corrected chi connectivity index (χ2v) is 20.6. The van der Waals surface area contributed by atoms with Crippen LogP contribution in [0.1, 0.15) is 57.5 Å². The van der Waals surface area contributed by atoms with E-state index in [-0.39, 0.29) is 68.7 Å². The van der Waals surface area contributed by atoms with E-state index < -0.39 is 25.0 Å². The quantitative estimate of drug-likeness (QED) is 0.0585. The zero-order valence-corrected chi connectivity index (χ0v) is 46.5. The van der Waals surface area contributed by atoms with Gasteiger partial charge in [-0.25, -0.2) is 19.0 Å². The molecule has 4 aromatic carbocycles. The third kappa shape index (κ3) is 14.1. The summed E-state index contributed by atoms with van der Waals surface area (Å²) in [7, 11) is 3.30. The lowest BCUT2D eigenvalue weighted by atomic mass is 10.1. The lowest BCUT2D eigenvalue weighted by Crippen LogP contribution is -2.37. The molecule has 12 rings (SSSR count). The van der Waals surface area contributed by atoms with Crippen molar-refractivity contribution in [3.05, 3.63) is 169 Å². The van der Waals surface area contributed by atoms with Crippen molar-refractivity contribution in [2.75, 3.05) is 36.8 Å². The van der Waals surface area contributed by atoms with Gasteiger partial charge < -0.3 is 39.8 Å². The molecule has 10 aromatic rings. The summed E-state index contributed by atoms with van der Waals surface area (Å²) in [6.45, 7) is -1.52. The van der Waals surface area contributed by atoms with E-state index in [1.165, 1.54) is 67.2 Å². The number of halogens is 4. The number of aromatic nitrogens is 10. The van der Waals surface area contributed by atoms with E-state index in [4.69, 9.17) is 18.9 Å². The largest absolute Gasteiger partial charge is 0.457 e. The maximum absolute atomic E-state index is 13.4.